The van der Waals surface area contributed by atoms with Crippen molar-refractivity contribution in [1.82, 2.24) is 4.31 Å². The van der Waals surface area contributed by atoms with Crippen molar-refractivity contribution in [1.29, 1.82) is 0 Å². The average Bonchev–Trinajstić information content (AvgIpc) is 2.82. The molecule has 1 aromatic heterocycles. The number of nitrogens with zero attached hydrogens (tertiary/aromatic N) is 1. The molecule has 1 aliphatic rings. The first-order chi connectivity index (χ1) is 8.82. The van der Waals surface area contributed by atoms with Crippen LogP contribution < -0.4 is 0 Å². The molecule has 2 atom stereocenters. The first kappa shape index (κ1) is 14.5. The van der Waals surface area contributed by atoms with Gasteiger partial charge >= 0.3 is 5.97 Å². The smallest absolute Gasteiger partial charge is 0.336 e. The highest BCUT2D eigenvalue weighted by Crippen LogP contribution is 2.30. The van der Waals surface area contributed by atoms with Crippen LogP contribution in [0.25, 0.3) is 0 Å². The van der Waals surface area contributed by atoms with Gasteiger partial charge in [-0.15, -0.1) is 11.3 Å². The topological polar surface area (TPSA) is 74.7 Å². The summed E-state index contributed by atoms with van der Waals surface area (Å²) in [4.78, 5) is 10.8. The third kappa shape index (κ3) is 2.82. The van der Waals surface area contributed by atoms with Crippen molar-refractivity contribution in [3.63, 3.8) is 0 Å². The molecule has 2 unspecified atom stereocenters. The molecule has 0 bridgehead atoms. The van der Waals surface area contributed by atoms with Crippen LogP contribution >= 0.6 is 11.3 Å². The Morgan fingerprint density at radius 2 is 2.11 bits per heavy atom. The predicted octanol–water partition coefficient (Wildman–Crippen LogP) is 2.26. The summed E-state index contributed by atoms with van der Waals surface area (Å²) in [5.41, 5.74) is 0.0290. The van der Waals surface area contributed by atoms with Crippen LogP contribution in [0.1, 0.15) is 37.0 Å². The molecule has 1 aliphatic heterocycles. The number of carboxylic acids is 1. The Bertz CT molecular complexity index is 578. The van der Waals surface area contributed by atoms with Gasteiger partial charge < -0.3 is 5.11 Å². The summed E-state index contributed by atoms with van der Waals surface area (Å²) in [6.45, 7) is 4.43. The molecule has 7 heteroatoms. The maximum atomic E-state index is 12.5. The molecular weight excluding hydrogens is 286 g/mol. The Morgan fingerprint density at radius 1 is 1.42 bits per heavy atom. The fourth-order valence-corrected chi connectivity index (χ4v) is 5.32. The first-order valence-corrected chi connectivity index (χ1v) is 8.48. The normalized spacial score (nSPS) is 25.4. The monoisotopic (exact) mass is 303 g/mol. The lowest BCUT2D eigenvalue weighted by Gasteiger charge is -2.35. The quantitative estimate of drug-likeness (QED) is 0.929. The molecule has 2 heterocycles. The van der Waals surface area contributed by atoms with Gasteiger partial charge in [0.1, 0.15) is 4.21 Å². The van der Waals surface area contributed by atoms with Crippen LogP contribution in [-0.4, -0.2) is 36.4 Å². The van der Waals surface area contributed by atoms with Crippen molar-refractivity contribution in [3.8, 4) is 0 Å². The number of aromatic carboxylic acids is 1. The lowest BCUT2D eigenvalue weighted by molar-refractivity contribution is 0.0697. The molecule has 0 amide bonds. The number of sulfonamides is 1. The predicted molar refractivity (Wildman–Crippen MR) is 73.0 cm³/mol. The molecular formula is C12H17NO4S2. The van der Waals surface area contributed by atoms with Crippen molar-refractivity contribution >= 4 is 27.3 Å². The minimum absolute atomic E-state index is 0.0290. The molecule has 106 valence electrons. The van der Waals surface area contributed by atoms with E-state index >= 15 is 0 Å². The van der Waals surface area contributed by atoms with Gasteiger partial charge in [0.05, 0.1) is 5.56 Å². The van der Waals surface area contributed by atoms with E-state index in [4.69, 9.17) is 5.11 Å². The molecule has 0 saturated carbocycles. The maximum absolute atomic E-state index is 12.5. The molecule has 1 N–H and O–H groups in total. The minimum atomic E-state index is -3.57. The van der Waals surface area contributed by atoms with E-state index in [0.717, 1.165) is 24.2 Å². The molecule has 0 radical (unpaired) electrons. The molecule has 0 spiro atoms. The number of carboxylic acid groups (broad SMARTS) is 1. The number of hydrogen-bond donors (Lipinski definition) is 1. The van der Waals surface area contributed by atoms with E-state index < -0.39 is 16.0 Å². The molecule has 1 aromatic rings. The summed E-state index contributed by atoms with van der Waals surface area (Å²) in [5.74, 6) is -0.761. The number of carbonyl (C=O) groups is 1. The van der Waals surface area contributed by atoms with Crippen LogP contribution in [0.5, 0.6) is 0 Å². The van der Waals surface area contributed by atoms with Crippen LogP contribution in [0.2, 0.25) is 0 Å². The summed E-state index contributed by atoms with van der Waals surface area (Å²) >= 11 is 0.971. The fourth-order valence-electron chi connectivity index (χ4n) is 2.26. The molecule has 0 aliphatic carbocycles. The van der Waals surface area contributed by atoms with E-state index in [1.165, 1.54) is 15.8 Å². The van der Waals surface area contributed by atoms with Crippen LogP contribution in [-0.2, 0) is 10.0 Å². The molecule has 19 heavy (non-hydrogen) atoms. The van der Waals surface area contributed by atoms with E-state index in [-0.39, 0.29) is 15.8 Å². The highest BCUT2D eigenvalue weighted by atomic mass is 32.2. The van der Waals surface area contributed by atoms with Gasteiger partial charge in [0, 0.05) is 18.0 Å². The number of thiophene rings is 1. The Labute approximate surface area is 116 Å². The van der Waals surface area contributed by atoms with E-state index in [0.29, 0.717) is 12.5 Å². The van der Waals surface area contributed by atoms with Gasteiger partial charge in [0.15, 0.2) is 0 Å². The molecule has 5 nitrogen and oxygen atoms in total. The van der Waals surface area contributed by atoms with Gasteiger partial charge in [-0.2, -0.15) is 4.31 Å². The Kier molecular flexibility index (Phi) is 3.98. The van der Waals surface area contributed by atoms with Crippen molar-refractivity contribution in [3.05, 3.63) is 17.0 Å². The Hall–Kier alpha value is -0.920. The average molecular weight is 303 g/mol. The van der Waals surface area contributed by atoms with E-state index in [1.54, 1.807) is 0 Å². The zero-order valence-electron chi connectivity index (χ0n) is 10.9. The summed E-state index contributed by atoms with van der Waals surface area (Å²) in [7, 11) is -3.57. The second-order valence-corrected chi connectivity index (χ2v) is 8.09. The van der Waals surface area contributed by atoms with Crippen molar-refractivity contribution in [2.24, 2.45) is 5.92 Å². The van der Waals surface area contributed by atoms with Gasteiger partial charge in [0.2, 0.25) is 0 Å². The Morgan fingerprint density at radius 3 is 2.68 bits per heavy atom. The number of hydrogen-bond acceptors (Lipinski definition) is 4. The second-order valence-electron chi connectivity index (χ2n) is 5.07. The SMILES string of the molecule is CC1CCC(C)N(S(=O)(=O)c2cc(C(=O)O)cs2)C1. The van der Waals surface area contributed by atoms with Crippen LogP contribution in [0, 0.1) is 5.92 Å². The van der Waals surface area contributed by atoms with Crippen molar-refractivity contribution in [2.75, 3.05) is 6.54 Å². The van der Waals surface area contributed by atoms with Gasteiger partial charge in [-0.05, 0) is 31.7 Å². The highest BCUT2D eigenvalue weighted by molar-refractivity contribution is 7.91. The standard InChI is InChI=1S/C12H17NO4S2/c1-8-3-4-9(2)13(6-8)19(16,17)11-5-10(7-18-11)12(14)15/h5,7-9H,3-4,6H2,1-2H3,(H,14,15). The molecule has 1 saturated heterocycles. The second kappa shape index (κ2) is 5.22. The zero-order chi connectivity index (χ0) is 14.2. The fraction of sp³-hybridized carbons (Fsp3) is 0.583. The minimum Gasteiger partial charge on any atom is -0.478 e. The highest BCUT2D eigenvalue weighted by Gasteiger charge is 2.34. The van der Waals surface area contributed by atoms with Gasteiger partial charge in [-0.3, -0.25) is 0 Å². The Balaban J connectivity index is 2.32. The lowest BCUT2D eigenvalue weighted by Crippen LogP contribution is -2.44. The van der Waals surface area contributed by atoms with Gasteiger partial charge in [-0.1, -0.05) is 6.92 Å². The molecule has 2 rings (SSSR count). The largest absolute Gasteiger partial charge is 0.478 e. The molecule has 0 aromatic carbocycles. The van der Waals surface area contributed by atoms with Gasteiger partial charge in [0.25, 0.3) is 10.0 Å². The third-order valence-corrected chi connectivity index (χ3v) is 6.84. The number of piperidine rings is 1. The molecule has 1 fully saturated rings. The zero-order valence-corrected chi connectivity index (χ0v) is 12.5. The summed E-state index contributed by atoms with van der Waals surface area (Å²) in [6, 6.07) is 1.21. The van der Waals surface area contributed by atoms with Crippen molar-refractivity contribution in [2.45, 2.75) is 36.9 Å². The van der Waals surface area contributed by atoms with E-state index in [9.17, 15) is 13.2 Å². The number of rotatable bonds is 3. The lowest BCUT2D eigenvalue weighted by atomic mass is 9.97. The summed E-state index contributed by atoms with van der Waals surface area (Å²) < 4.78 is 26.7. The van der Waals surface area contributed by atoms with Crippen LogP contribution in [0.4, 0.5) is 0 Å². The van der Waals surface area contributed by atoms with Crippen LogP contribution in [0.15, 0.2) is 15.7 Å². The maximum Gasteiger partial charge on any atom is 0.336 e. The summed E-state index contributed by atoms with van der Waals surface area (Å²) in [5, 5.41) is 10.2. The van der Waals surface area contributed by atoms with Crippen LogP contribution in [0.3, 0.4) is 0 Å². The van der Waals surface area contributed by atoms with Crippen molar-refractivity contribution < 1.29 is 18.3 Å². The van der Waals surface area contributed by atoms with Gasteiger partial charge in [-0.25, -0.2) is 13.2 Å². The summed E-state index contributed by atoms with van der Waals surface area (Å²) in [6.07, 6.45) is 1.87. The van der Waals surface area contributed by atoms with E-state index in [2.05, 4.69) is 0 Å². The third-order valence-electron chi connectivity index (χ3n) is 3.45. The first-order valence-electron chi connectivity index (χ1n) is 6.16. The van der Waals surface area contributed by atoms with E-state index in [1.807, 2.05) is 13.8 Å².